The Morgan fingerprint density at radius 2 is 1.15 bits per heavy atom. The van der Waals surface area contributed by atoms with Gasteiger partial charge in [0.15, 0.2) is 0 Å². The average Bonchev–Trinajstić information content (AvgIpc) is 2.01. The van der Waals surface area contributed by atoms with Crippen molar-refractivity contribution in [2.75, 3.05) is 41.3 Å². The molecule has 0 aromatic carbocycles. The minimum absolute atomic E-state index is 1.21. The van der Waals surface area contributed by atoms with Crippen LogP contribution in [0.3, 0.4) is 0 Å². The van der Waals surface area contributed by atoms with E-state index in [0.29, 0.717) is 0 Å². The molecule has 0 aliphatic heterocycles. The molecule has 0 aliphatic rings. The van der Waals surface area contributed by atoms with Crippen molar-refractivity contribution < 1.29 is 0 Å². The van der Waals surface area contributed by atoms with E-state index >= 15 is 0 Å². The van der Waals surface area contributed by atoms with Crippen LogP contribution in [0.1, 0.15) is 33.1 Å². The van der Waals surface area contributed by atoms with E-state index in [-0.39, 0.29) is 0 Å². The van der Waals surface area contributed by atoms with Crippen molar-refractivity contribution >= 4 is 0 Å². The molecule has 0 bridgehead atoms. The molecule has 0 aromatic rings. The average molecular weight is 188 g/mol. The fourth-order valence-electron chi connectivity index (χ4n) is 0.922. The van der Waals surface area contributed by atoms with Gasteiger partial charge in [0.25, 0.3) is 0 Å². The van der Waals surface area contributed by atoms with Gasteiger partial charge in [0, 0.05) is 0 Å². The molecule has 0 radical (unpaired) electrons. The summed E-state index contributed by atoms with van der Waals surface area (Å²) in [4.78, 5) is 4.39. The largest absolute Gasteiger partial charge is 0.309 e. The van der Waals surface area contributed by atoms with E-state index < -0.39 is 0 Å². The maximum Gasteiger partial charge on any atom is -0.00249 e. The van der Waals surface area contributed by atoms with Gasteiger partial charge in [-0.3, -0.25) is 0 Å². The van der Waals surface area contributed by atoms with E-state index in [9.17, 15) is 0 Å². The van der Waals surface area contributed by atoms with Gasteiger partial charge in [-0.25, -0.2) is 0 Å². The van der Waals surface area contributed by atoms with E-state index in [1.165, 1.54) is 32.4 Å². The van der Waals surface area contributed by atoms with Crippen LogP contribution in [0, 0.1) is 0 Å². The topological polar surface area (TPSA) is 6.48 Å². The molecule has 0 aromatic heterocycles. The fourth-order valence-corrected chi connectivity index (χ4v) is 0.922. The van der Waals surface area contributed by atoms with Gasteiger partial charge in [0.2, 0.25) is 0 Å². The van der Waals surface area contributed by atoms with Crippen molar-refractivity contribution in [2.24, 2.45) is 0 Å². The van der Waals surface area contributed by atoms with Crippen LogP contribution in [-0.4, -0.2) is 51.1 Å². The molecule has 0 saturated heterocycles. The first-order chi connectivity index (χ1) is 6.04. The van der Waals surface area contributed by atoms with Crippen LogP contribution in [0.4, 0.5) is 0 Å². The van der Waals surface area contributed by atoms with Crippen LogP contribution in [-0.2, 0) is 0 Å². The SMILES string of the molecule is CCCCN(C)C.CCCN(C)C. The number of unbranched alkanes of at least 4 members (excludes halogenated alkanes) is 1. The molecule has 0 saturated carbocycles. The second-order valence-corrected chi connectivity index (χ2v) is 3.96. The van der Waals surface area contributed by atoms with Gasteiger partial charge in [-0.1, -0.05) is 20.3 Å². The second kappa shape index (κ2) is 11.9. The van der Waals surface area contributed by atoms with Crippen LogP contribution in [0.2, 0.25) is 0 Å². The highest BCUT2D eigenvalue weighted by atomic mass is 15.0. The summed E-state index contributed by atoms with van der Waals surface area (Å²) in [5.74, 6) is 0. The quantitative estimate of drug-likeness (QED) is 0.653. The lowest BCUT2D eigenvalue weighted by Gasteiger charge is -2.05. The first-order valence-electron chi connectivity index (χ1n) is 5.34. The Morgan fingerprint density at radius 1 is 0.692 bits per heavy atom. The number of nitrogens with zero attached hydrogens (tertiary/aromatic N) is 2. The van der Waals surface area contributed by atoms with E-state index in [1.807, 2.05) is 0 Å². The molecule has 0 amide bonds. The first-order valence-corrected chi connectivity index (χ1v) is 5.34. The highest BCUT2D eigenvalue weighted by molar-refractivity contribution is 4.39. The van der Waals surface area contributed by atoms with Crippen LogP contribution >= 0.6 is 0 Å². The smallest absolute Gasteiger partial charge is 0.00249 e. The van der Waals surface area contributed by atoms with Gasteiger partial charge < -0.3 is 9.80 Å². The van der Waals surface area contributed by atoms with Crippen LogP contribution in [0.15, 0.2) is 0 Å². The lowest BCUT2D eigenvalue weighted by atomic mass is 10.3. The molecule has 13 heavy (non-hydrogen) atoms. The van der Waals surface area contributed by atoms with Gasteiger partial charge in [-0.2, -0.15) is 0 Å². The Morgan fingerprint density at radius 3 is 1.23 bits per heavy atom. The Hall–Kier alpha value is -0.0800. The highest BCUT2D eigenvalue weighted by Gasteiger charge is 1.83. The summed E-state index contributed by atoms with van der Waals surface area (Å²) in [5.41, 5.74) is 0. The standard InChI is InChI=1S/C6H15N.C5H13N/c1-4-5-6-7(2)3;1-4-5-6(2)3/h4-6H2,1-3H3;4-5H2,1-3H3. The zero-order valence-electron chi connectivity index (χ0n) is 10.4. The predicted molar refractivity (Wildman–Crippen MR) is 62.3 cm³/mol. The van der Waals surface area contributed by atoms with Crippen LogP contribution in [0.5, 0.6) is 0 Å². The Bertz CT molecular complexity index is 80.2. The zero-order chi connectivity index (χ0) is 10.7. The first kappa shape index (κ1) is 15.4. The summed E-state index contributed by atoms with van der Waals surface area (Å²) >= 11 is 0. The summed E-state index contributed by atoms with van der Waals surface area (Å²) in [6.07, 6.45) is 3.89. The van der Waals surface area contributed by atoms with Crippen molar-refractivity contribution in [1.29, 1.82) is 0 Å². The van der Waals surface area contributed by atoms with E-state index in [0.717, 1.165) is 0 Å². The molecule has 82 valence electrons. The maximum absolute atomic E-state index is 2.21. The molecule has 0 aliphatic carbocycles. The lowest BCUT2D eigenvalue weighted by Crippen LogP contribution is -2.12. The van der Waals surface area contributed by atoms with Crippen molar-refractivity contribution in [2.45, 2.75) is 33.1 Å². The molecule has 0 rings (SSSR count). The van der Waals surface area contributed by atoms with Crippen LogP contribution in [0.25, 0.3) is 0 Å². The molecular weight excluding hydrogens is 160 g/mol. The fraction of sp³-hybridized carbons (Fsp3) is 1.00. The third-order valence-electron chi connectivity index (χ3n) is 1.63. The summed E-state index contributed by atoms with van der Waals surface area (Å²) in [6, 6.07) is 0. The van der Waals surface area contributed by atoms with Gasteiger partial charge in [-0.05, 0) is 54.1 Å². The van der Waals surface area contributed by atoms with E-state index in [1.54, 1.807) is 0 Å². The summed E-state index contributed by atoms with van der Waals surface area (Å²) in [6.45, 7) is 6.83. The molecule has 0 unspecified atom stereocenters. The molecular formula is C11H28N2. The van der Waals surface area contributed by atoms with E-state index in [2.05, 4.69) is 51.8 Å². The number of hydrogen-bond acceptors (Lipinski definition) is 2. The summed E-state index contributed by atoms with van der Waals surface area (Å²) in [7, 11) is 8.39. The molecule has 2 heteroatoms. The second-order valence-electron chi connectivity index (χ2n) is 3.96. The monoisotopic (exact) mass is 188 g/mol. The summed E-state index contributed by atoms with van der Waals surface area (Å²) < 4.78 is 0. The van der Waals surface area contributed by atoms with Gasteiger partial charge >= 0.3 is 0 Å². The molecule has 0 heterocycles. The van der Waals surface area contributed by atoms with Gasteiger partial charge in [-0.15, -0.1) is 0 Å². The molecule has 0 spiro atoms. The number of rotatable bonds is 5. The van der Waals surface area contributed by atoms with Crippen molar-refractivity contribution in [3.05, 3.63) is 0 Å². The molecule has 2 nitrogen and oxygen atoms in total. The highest BCUT2D eigenvalue weighted by Crippen LogP contribution is 1.86. The van der Waals surface area contributed by atoms with Gasteiger partial charge in [0.05, 0.1) is 0 Å². The van der Waals surface area contributed by atoms with E-state index in [4.69, 9.17) is 0 Å². The molecule has 0 fully saturated rings. The zero-order valence-corrected chi connectivity index (χ0v) is 10.4. The van der Waals surface area contributed by atoms with Crippen LogP contribution < -0.4 is 0 Å². The third-order valence-corrected chi connectivity index (χ3v) is 1.63. The Labute approximate surface area is 84.9 Å². The van der Waals surface area contributed by atoms with Crippen molar-refractivity contribution in [1.82, 2.24) is 9.80 Å². The normalized spacial score (nSPS) is 10.2. The van der Waals surface area contributed by atoms with Crippen molar-refractivity contribution in [3.63, 3.8) is 0 Å². The maximum atomic E-state index is 2.21. The Kier molecular flexibility index (Phi) is 14.1. The van der Waals surface area contributed by atoms with Crippen molar-refractivity contribution in [3.8, 4) is 0 Å². The predicted octanol–water partition coefficient (Wildman–Crippen LogP) is 2.31. The summed E-state index contributed by atoms with van der Waals surface area (Å²) in [5, 5.41) is 0. The molecule has 0 atom stereocenters. The minimum atomic E-state index is 1.21. The molecule has 0 N–H and O–H groups in total. The third kappa shape index (κ3) is 24.5. The minimum Gasteiger partial charge on any atom is -0.309 e. The lowest BCUT2D eigenvalue weighted by molar-refractivity contribution is 0.398. The Balaban J connectivity index is 0. The van der Waals surface area contributed by atoms with Gasteiger partial charge in [0.1, 0.15) is 0 Å². The number of hydrogen-bond donors (Lipinski definition) is 0.